The average molecular weight is 308 g/mol. The van der Waals surface area contributed by atoms with Gasteiger partial charge in [0.1, 0.15) is 25.3 Å². The maximum absolute atomic E-state index is 5.86. The van der Waals surface area contributed by atoms with Crippen LogP contribution in [-0.4, -0.2) is 45.6 Å². The van der Waals surface area contributed by atoms with E-state index in [-0.39, 0.29) is 0 Å². The molecule has 0 bridgehead atoms. The zero-order valence-corrected chi connectivity index (χ0v) is 14.4. The van der Waals surface area contributed by atoms with Crippen molar-refractivity contribution in [3.05, 3.63) is 23.8 Å². The fourth-order valence-electron chi connectivity index (χ4n) is 3.15. The summed E-state index contributed by atoms with van der Waals surface area (Å²) >= 11 is 0. The van der Waals surface area contributed by atoms with Gasteiger partial charge in [0.25, 0.3) is 0 Å². The van der Waals surface area contributed by atoms with Gasteiger partial charge in [0, 0.05) is 0 Å². The van der Waals surface area contributed by atoms with Crippen LogP contribution in [0.15, 0.2) is 18.2 Å². The molecule has 0 aromatic heterocycles. The van der Waals surface area contributed by atoms with Crippen molar-refractivity contribution in [1.82, 2.24) is 0 Å². The SMILES string of the molecule is COc1cc(C)ccc1OCCCC[NH+]1C[C@H](C)O[C@@H](C)C1. The minimum Gasteiger partial charge on any atom is -0.493 e. The Bertz CT molecular complexity index is 454. The Morgan fingerprint density at radius 3 is 2.55 bits per heavy atom. The molecule has 124 valence electrons. The van der Waals surface area contributed by atoms with Crippen molar-refractivity contribution in [1.29, 1.82) is 0 Å². The zero-order valence-electron chi connectivity index (χ0n) is 14.4. The minimum absolute atomic E-state index is 0.381. The van der Waals surface area contributed by atoms with E-state index in [2.05, 4.69) is 26.8 Å². The summed E-state index contributed by atoms with van der Waals surface area (Å²) < 4.78 is 17.0. The maximum atomic E-state index is 5.86. The molecule has 1 aliphatic rings. The number of morpholine rings is 1. The molecule has 1 aliphatic heterocycles. The molecule has 4 nitrogen and oxygen atoms in total. The predicted octanol–water partition coefficient (Wildman–Crippen LogP) is 1.85. The Hall–Kier alpha value is -1.26. The van der Waals surface area contributed by atoms with E-state index < -0.39 is 0 Å². The molecule has 0 unspecified atom stereocenters. The molecule has 0 radical (unpaired) electrons. The number of nitrogens with one attached hydrogen (secondary N) is 1. The number of quaternary nitrogens is 1. The van der Waals surface area contributed by atoms with Crippen molar-refractivity contribution in [2.75, 3.05) is 33.4 Å². The van der Waals surface area contributed by atoms with Crippen LogP contribution in [0.1, 0.15) is 32.3 Å². The fraction of sp³-hybridized carbons (Fsp3) is 0.667. The second-order valence-corrected chi connectivity index (χ2v) is 6.38. The smallest absolute Gasteiger partial charge is 0.161 e. The van der Waals surface area contributed by atoms with E-state index in [9.17, 15) is 0 Å². The van der Waals surface area contributed by atoms with E-state index in [1.54, 1.807) is 12.0 Å². The Morgan fingerprint density at radius 1 is 1.14 bits per heavy atom. The summed E-state index contributed by atoms with van der Waals surface area (Å²) in [7, 11) is 1.69. The van der Waals surface area contributed by atoms with Crippen LogP contribution >= 0.6 is 0 Å². The van der Waals surface area contributed by atoms with E-state index >= 15 is 0 Å². The van der Waals surface area contributed by atoms with Crippen LogP contribution in [0.2, 0.25) is 0 Å². The lowest BCUT2D eigenvalue weighted by molar-refractivity contribution is -0.915. The fourth-order valence-corrected chi connectivity index (χ4v) is 3.15. The summed E-state index contributed by atoms with van der Waals surface area (Å²) in [6.45, 7) is 10.6. The topological polar surface area (TPSA) is 32.1 Å². The molecule has 1 aromatic rings. The Labute approximate surface area is 134 Å². The van der Waals surface area contributed by atoms with Gasteiger partial charge in [-0.3, -0.25) is 0 Å². The number of hydrogen-bond donors (Lipinski definition) is 1. The van der Waals surface area contributed by atoms with Crippen LogP contribution in [-0.2, 0) is 4.74 Å². The van der Waals surface area contributed by atoms with Crippen LogP contribution in [0, 0.1) is 6.92 Å². The van der Waals surface area contributed by atoms with E-state index in [1.807, 2.05) is 12.1 Å². The first-order valence-corrected chi connectivity index (χ1v) is 8.35. The van der Waals surface area contributed by atoms with Crippen molar-refractivity contribution in [2.24, 2.45) is 0 Å². The van der Waals surface area contributed by atoms with Gasteiger partial charge < -0.3 is 19.1 Å². The third kappa shape index (κ3) is 5.18. The second kappa shape index (κ2) is 8.39. The summed E-state index contributed by atoms with van der Waals surface area (Å²) in [6, 6.07) is 6.05. The normalized spacial score (nSPS) is 25.0. The minimum atomic E-state index is 0.381. The standard InChI is InChI=1S/C18H29NO3/c1-14-7-8-17(18(11-14)20-4)21-10-6-5-9-19-12-15(2)22-16(3)13-19/h7-8,11,15-16H,5-6,9-10,12-13H2,1-4H3/p+1/t15-,16-/m0/s1. The molecule has 1 aromatic carbocycles. The number of benzene rings is 1. The highest BCUT2D eigenvalue weighted by Gasteiger charge is 2.24. The summed E-state index contributed by atoms with van der Waals surface area (Å²) in [5.74, 6) is 1.66. The first-order valence-electron chi connectivity index (χ1n) is 8.35. The highest BCUT2D eigenvalue weighted by molar-refractivity contribution is 5.42. The number of aryl methyl sites for hydroxylation is 1. The van der Waals surface area contributed by atoms with E-state index in [1.165, 1.54) is 18.5 Å². The molecule has 1 saturated heterocycles. The van der Waals surface area contributed by atoms with Crippen LogP contribution < -0.4 is 14.4 Å². The molecule has 4 heteroatoms. The lowest BCUT2D eigenvalue weighted by atomic mass is 10.2. The summed E-state index contributed by atoms with van der Waals surface area (Å²) in [5.41, 5.74) is 1.18. The number of rotatable bonds is 7. The molecular weight excluding hydrogens is 278 g/mol. The third-order valence-corrected chi connectivity index (χ3v) is 4.12. The molecule has 22 heavy (non-hydrogen) atoms. The van der Waals surface area contributed by atoms with Crippen molar-refractivity contribution < 1.29 is 19.1 Å². The molecule has 2 rings (SSSR count). The molecule has 2 atom stereocenters. The molecule has 0 amide bonds. The van der Waals surface area contributed by atoms with E-state index in [4.69, 9.17) is 14.2 Å². The highest BCUT2D eigenvalue weighted by atomic mass is 16.5. The van der Waals surface area contributed by atoms with Gasteiger partial charge in [0.2, 0.25) is 0 Å². The van der Waals surface area contributed by atoms with Crippen LogP contribution in [0.3, 0.4) is 0 Å². The Morgan fingerprint density at radius 2 is 1.86 bits per heavy atom. The Balaban J connectivity index is 1.67. The average Bonchev–Trinajstić information content (AvgIpc) is 2.47. The predicted molar refractivity (Wildman–Crippen MR) is 88.0 cm³/mol. The second-order valence-electron chi connectivity index (χ2n) is 6.38. The van der Waals surface area contributed by atoms with Gasteiger partial charge in [0.05, 0.1) is 20.3 Å². The number of methoxy groups -OCH3 is 1. The monoisotopic (exact) mass is 308 g/mol. The van der Waals surface area contributed by atoms with Gasteiger partial charge in [-0.05, 0) is 51.3 Å². The van der Waals surface area contributed by atoms with Crippen LogP contribution in [0.25, 0.3) is 0 Å². The van der Waals surface area contributed by atoms with Gasteiger partial charge in [-0.2, -0.15) is 0 Å². The molecule has 1 heterocycles. The molecule has 0 saturated carbocycles. The third-order valence-electron chi connectivity index (χ3n) is 4.12. The van der Waals surface area contributed by atoms with Crippen LogP contribution in [0.4, 0.5) is 0 Å². The zero-order chi connectivity index (χ0) is 15.9. The Kier molecular flexibility index (Phi) is 6.52. The van der Waals surface area contributed by atoms with Crippen molar-refractivity contribution in [3.63, 3.8) is 0 Å². The van der Waals surface area contributed by atoms with Crippen LogP contribution in [0.5, 0.6) is 11.5 Å². The summed E-state index contributed by atoms with van der Waals surface area (Å²) in [6.07, 6.45) is 3.02. The van der Waals surface area contributed by atoms with Gasteiger partial charge in [0.15, 0.2) is 11.5 Å². The first kappa shape index (κ1) is 17.1. The van der Waals surface area contributed by atoms with Gasteiger partial charge >= 0.3 is 0 Å². The maximum Gasteiger partial charge on any atom is 0.161 e. The number of unbranched alkanes of at least 4 members (excludes halogenated alkanes) is 1. The van der Waals surface area contributed by atoms with E-state index in [0.29, 0.717) is 12.2 Å². The quantitative estimate of drug-likeness (QED) is 0.780. The molecule has 0 aliphatic carbocycles. The van der Waals surface area contributed by atoms with E-state index in [0.717, 1.165) is 37.6 Å². The number of hydrogen-bond acceptors (Lipinski definition) is 3. The summed E-state index contributed by atoms with van der Waals surface area (Å²) in [5, 5.41) is 0. The van der Waals surface area contributed by atoms with Crippen molar-refractivity contribution >= 4 is 0 Å². The first-order chi connectivity index (χ1) is 10.6. The molecular formula is C18H30NO3+. The van der Waals surface area contributed by atoms with Crippen molar-refractivity contribution in [2.45, 2.75) is 45.8 Å². The van der Waals surface area contributed by atoms with Gasteiger partial charge in [-0.15, -0.1) is 0 Å². The number of ether oxygens (including phenoxy) is 3. The molecule has 1 N–H and O–H groups in total. The highest BCUT2D eigenvalue weighted by Crippen LogP contribution is 2.27. The lowest BCUT2D eigenvalue weighted by Crippen LogP contribution is -3.15. The summed E-state index contributed by atoms with van der Waals surface area (Å²) in [4.78, 5) is 1.65. The van der Waals surface area contributed by atoms with Crippen molar-refractivity contribution in [3.8, 4) is 11.5 Å². The van der Waals surface area contributed by atoms with Gasteiger partial charge in [-0.25, -0.2) is 0 Å². The molecule has 0 spiro atoms. The lowest BCUT2D eigenvalue weighted by Gasteiger charge is -2.32. The molecule has 1 fully saturated rings. The largest absolute Gasteiger partial charge is 0.493 e. The van der Waals surface area contributed by atoms with Gasteiger partial charge in [-0.1, -0.05) is 6.07 Å².